The summed E-state index contributed by atoms with van der Waals surface area (Å²) in [6.07, 6.45) is 1.17. The van der Waals surface area contributed by atoms with Gasteiger partial charge >= 0.3 is 62.4 Å². The molecule has 0 spiro atoms. The molecule has 0 atom stereocenters. The van der Waals surface area contributed by atoms with Crippen LogP contribution >= 0.6 is 9.56 Å². The number of hydrogen-bond donors (Lipinski definition) is 0. The zero-order valence-electron chi connectivity index (χ0n) is 6.13. The molecule has 0 aliphatic carbocycles. The molecule has 0 bridgehead atoms. The quantitative estimate of drug-likeness (QED) is 0.428. The molecule has 0 aromatic heterocycles. The topological polar surface area (TPSA) is 0 Å². The summed E-state index contributed by atoms with van der Waals surface area (Å²) in [6.45, 7) is 11.9. The van der Waals surface area contributed by atoms with Crippen molar-refractivity contribution in [2.45, 2.75) is 13.3 Å². The molecule has 0 heterocycles. The van der Waals surface area contributed by atoms with E-state index < -0.39 is 0 Å². The SMILES string of the molecule is B#S(=BB=BB)CCC. The van der Waals surface area contributed by atoms with Crippen LogP contribution in [0.15, 0.2) is 0 Å². The Morgan fingerprint density at radius 3 is 2.78 bits per heavy atom. The van der Waals surface area contributed by atoms with E-state index in [0.29, 0.717) is 0 Å². The van der Waals surface area contributed by atoms with Crippen molar-refractivity contribution in [3.8, 4) is 0 Å². The Bertz CT molecular complexity index is 199. The van der Waals surface area contributed by atoms with E-state index in [2.05, 4.69) is 13.0 Å². The predicted octanol–water partition coefficient (Wildman–Crippen LogP) is -0.846. The molecule has 0 saturated heterocycles. The second kappa shape index (κ2) is 6.66. The van der Waals surface area contributed by atoms with Crippen LogP contribution in [0.1, 0.15) is 13.3 Å². The Morgan fingerprint density at radius 1 is 1.67 bits per heavy atom. The summed E-state index contributed by atoms with van der Waals surface area (Å²) in [4.78, 5) is 0. The molecular formula is C3H9B5S. The van der Waals surface area contributed by atoms with Crippen molar-refractivity contribution in [2.24, 2.45) is 0 Å². The number of rotatable bonds is 2. The normalized spacial score (nSPS) is 10.3. The van der Waals surface area contributed by atoms with E-state index in [1.807, 2.05) is 21.1 Å². The molecule has 0 N–H and O–H groups in total. The summed E-state index contributed by atoms with van der Waals surface area (Å²) in [5.74, 6) is 1.12. The fraction of sp³-hybridized carbons (Fsp3) is 1.00. The fourth-order valence-electron chi connectivity index (χ4n) is 0.483. The van der Waals surface area contributed by atoms with Gasteiger partial charge in [0.25, 0.3) is 0 Å². The molecule has 0 aromatic rings. The van der Waals surface area contributed by atoms with Crippen LogP contribution < -0.4 is 0 Å². The van der Waals surface area contributed by atoms with Crippen molar-refractivity contribution in [1.82, 2.24) is 0 Å². The molecule has 6 heteroatoms. The van der Waals surface area contributed by atoms with E-state index in [4.69, 9.17) is 6.53 Å². The average molecular weight is 131 g/mol. The molecule has 0 aliphatic rings. The van der Waals surface area contributed by atoms with Crippen LogP contribution in [0.4, 0.5) is 0 Å². The summed E-state index contributed by atoms with van der Waals surface area (Å²) < 4.78 is 0. The van der Waals surface area contributed by atoms with Crippen LogP contribution in [-0.4, -0.2) is 39.5 Å². The maximum atomic E-state index is 5.69. The van der Waals surface area contributed by atoms with Crippen molar-refractivity contribution in [3.05, 3.63) is 0 Å². The van der Waals surface area contributed by atoms with Gasteiger partial charge in [0.05, 0.1) is 0 Å². The Kier molecular flexibility index (Phi) is 7.06. The molecule has 0 aliphatic heterocycles. The van der Waals surface area contributed by atoms with E-state index in [0.717, 1.165) is 5.75 Å². The molecule has 0 unspecified atom stereocenters. The Morgan fingerprint density at radius 2 is 2.33 bits per heavy atom. The van der Waals surface area contributed by atoms with E-state index in [1.54, 1.807) is 0 Å². The molecule has 0 aromatic carbocycles. The minimum atomic E-state index is 0.0183. The second-order valence-corrected chi connectivity index (χ2v) is 3.45. The zero-order chi connectivity index (χ0) is 7.11. The van der Waals surface area contributed by atoms with Crippen molar-refractivity contribution in [1.29, 1.82) is 0 Å². The van der Waals surface area contributed by atoms with Gasteiger partial charge in [0.1, 0.15) is 0 Å². The van der Waals surface area contributed by atoms with Crippen molar-refractivity contribution in [3.63, 3.8) is 0 Å². The Labute approximate surface area is 62.8 Å². The van der Waals surface area contributed by atoms with Gasteiger partial charge in [-0.2, -0.15) is 0 Å². The average Bonchev–Trinajstić information content (AvgIpc) is 1.85. The summed E-state index contributed by atoms with van der Waals surface area (Å²) >= 11 is 0. The molecule has 0 nitrogen and oxygen atoms in total. The first-order valence-corrected chi connectivity index (χ1v) is 4.73. The molecule has 0 amide bonds. The standard InChI is InChI=1S/C3H9B5S/c1-2-3-9(5)8-7-6-4/h2-4H2,1H3. The third-order valence-corrected chi connectivity index (χ3v) is 2.27. The van der Waals surface area contributed by atoms with Crippen LogP contribution in [-0.2, 0) is 0 Å². The third-order valence-electron chi connectivity index (χ3n) is 0.886. The molecule has 0 saturated carbocycles. The Hall–Kier alpha value is 0.545. The van der Waals surface area contributed by atoms with Crippen LogP contribution in [0, 0.1) is 0 Å². The molecule has 0 radical (unpaired) electrons. The van der Waals surface area contributed by atoms with Gasteiger partial charge in [-0.05, 0) is 0 Å². The molecule has 0 rings (SSSR count). The van der Waals surface area contributed by atoms with Gasteiger partial charge in [-0.15, -0.1) is 0 Å². The fourth-order valence-corrected chi connectivity index (χ4v) is 1.45. The summed E-state index contributed by atoms with van der Waals surface area (Å²) in [5, 5.41) is 0. The van der Waals surface area contributed by atoms with E-state index in [1.165, 1.54) is 6.42 Å². The monoisotopic (exact) mass is 132 g/mol. The van der Waals surface area contributed by atoms with Gasteiger partial charge in [0.15, 0.2) is 0 Å². The summed E-state index contributed by atoms with van der Waals surface area (Å²) in [5.41, 5.74) is 0. The molecule has 9 heavy (non-hydrogen) atoms. The first kappa shape index (κ1) is 9.54. The predicted molar refractivity (Wildman–Crippen MR) is 54.3 cm³/mol. The van der Waals surface area contributed by atoms with Crippen molar-refractivity contribution in [2.75, 3.05) is 5.75 Å². The van der Waals surface area contributed by atoms with E-state index in [-0.39, 0.29) is 9.56 Å². The van der Waals surface area contributed by atoms with Gasteiger partial charge in [0.2, 0.25) is 0 Å². The van der Waals surface area contributed by atoms with Crippen LogP contribution in [0.2, 0.25) is 0 Å². The third kappa shape index (κ3) is 6.43. The Balaban J connectivity index is 3.76. The van der Waals surface area contributed by atoms with E-state index >= 15 is 0 Å². The first-order valence-electron chi connectivity index (χ1n) is 3.21. The van der Waals surface area contributed by atoms with E-state index in [9.17, 15) is 0 Å². The van der Waals surface area contributed by atoms with Gasteiger partial charge in [0, 0.05) is 0 Å². The van der Waals surface area contributed by atoms with Gasteiger partial charge < -0.3 is 0 Å². The van der Waals surface area contributed by atoms with Crippen molar-refractivity contribution >= 4 is 43.3 Å². The minimum absolute atomic E-state index is 0.0183. The van der Waals surface area contributed by atoms with Crippen LogP contribution in [0.3, 0.4) is 0 Å². The van der Waals surface area contributed by atoms with Crippen molar-refractivity contribution < 1.29 is 0 Å². The molecule has 42 valence electrons. The van der Waals surface area contributed by atoms with Gasteiger partial charge in [-0.25, -0.2) is 0 Å². The van der Waals surface area contributed by atoms with Gasteiger partial charge in [-0.3, -0.25) is 0 Å². The zero-order valence-corrected chi connectivity index (χ0v) is 6.95. The molecular weight excluding hydrogens is 122 g/mol. The van der Waals surface area contributed by atoms with Gasteiger partial charge in [-0.1, -0.05) is 0 Å². The summed E-state index contributed by atoms with van der Waals surface area (Å²) in [6, 6.07) is 2.06. The van der Waals surface area contributed by atoms with Crippen LogP contribution in [0.25, 0.3) is 0 Å². The first-order chi connectivity index (χ1) is 4.31. The molecule has 0 fully saturated rings. The maximum absolute atomic E-state index is 5.69. The number of hydrogen-bond acceptors (Lipinski definition) is 0. The summed E-state index contributed by atoms with van der Waals surface area (Å²) in [7, 11) is 2.02. The second-order valence-electron chi connectivity index (χ2n) is 1.84. The van der Waals surface area contributed by atoms with Crippen LogP contribution in [0.5, 0.6) is 0 Å².